The number of amides is 1. The Balaban J connectivity index is 1.56. The first kappa shape index (κ1) is 11.5. The zero-order valence-electron chi connectivity index (χ0n) is 10.5. The molecule has 0 bridgehead atoms. The topological polar surface area (TPSA) is 29.1 Å². The van der Waals surface area contributed by atoms with Gasteiger partial charge in [-0.3, -0.25) is 4.79 Å². The highest BCUT2D eigenvalue weighted by Crippen LogP contribution is 2.44. The molecule has 2 aliphatic carbocycles. The molecule has 0 atom stereocenters. The van der Waals surface area contributed by atoms with Gasteiger partial charge in [-0.2, -0.15) is 0 Å². The maximum Gasteiger partial charge on any atom is 0.244 e. The van der Waals surface area contributed by atoms with Crippen LogP contribution in [0.5, 0.6) is 0 Å². The lowest BCUT2D eigenvalue weighted by Crippen LogP contribution is -2.37. The molecule has 0 aromatic heterocycles. The Hall–Kier alpha value is -1.57. The third-order valence-corrected chi connectivity index (χ3v) is 3.80. The zero-order valence-corrected chi connectivity index (χ0v) is 10.5. The van der Waals surface area contributed by atoms with E-state index in [-0.39, 0.29) is 5.91 Å². The van der Waals surface area contributed by atoms with Gasteiger partial charge in [-0.15, -0.1) is 0 Å². The molecule has 2 fully saturated rings. The SMILES string of the molecule is O=C(C=Cc1ccccc1)NC(C1CC1)C1CC1. The average Bonchev–Trinajstić information content (AvgIpc) is 3.28. The lowest BCUT2D eigenvalue weighted by atomic mass is 10.1. The summed E-state index contributed by atoms with van der Waals surface area (Å²) in [5.74, 6) is 1.57. The summed E-state index contributed by atoms with van der Waals surface area (Å²) in [6, 6.07) is 10.4. The molecule has 2 aliphatic rings. The van der Waals surface area contributed by atoms with Crippen LogP contribution < -0.4 is 5.32 Å². The van der Waals surface area contributed by atoms with Crippen LogP contribution in [0.3, 0.4) is 0 Å². The number of benzene rings is 1. The molecule has 0 heterocycles. The van der Waals surface area contributed by atoms with Gasteiger partial charge < -0.3 is 5.32 Å². The molecule has 0 radical (unpaired) electrons. The van der Waals surface area contributed by atoms with Crippen molar-refractivity contribution in [3.8, 4) is 0 Å². The van der Waals surface area contributed by atoms with Gasteiger partial charge in [-0.25, -0.2) is 0 Å². The van der Waals surface area contributed by atoms with Crippen LogP contribution in [0, 0.1) is 11.8 Å². The van der Waals surface area contributed by atoms with Crippen molar-refractivity contribution in [2.24, 2.45) is 11.8 Å². The maximum atomic E-state index is 11.9. The third kappa shape index (κ3) is 3.00. The van der Waals surface area contributed by atoms with E-state index >= 15 is 0 Å². The first-order valence-corrected chi connectivity index (χ1v) is 6.86. The molecule has 94 valence electrons. The second-order valence-electron chi connectivity index (χ2n) is 5.45. The number of hydrogen-bond donors (Lipinski definition) is 1. The summed E-state index contributed by atoms with van der Waals surface area (Å²) in [7, 11) is 0. The predicted octanol–water partition coefficient (Wildman–Crippen LogP) is 3.00. The van der Waals surface area contributed by atoms with Crippen molar-refractivity contribution in [3.05, 3.63) is 42.0 Å². The van der Waals surface area contributed by atoms with Crippen molar-refractivity contribution in [1.82, 2.24) is 5.32 Å². The summed E-state index contributed by atoms with van der Waals surface area (Å²) in [4.78, 5) is 11.9. The summed E-state index contributed by atoms with van der Waals surface area (Å²) >= 11 is 0. The van der Waals surface area contributed by atoms with Crippen molar-refractivity contribution in [1.29, 1.82) is 0 Å². The summed E-state index contributed by atoms with van der Waals surface area (Å²) in [6.45, 7) is 0. The summed E-state index contributed by atoms with van der Waals surface area (Å²) < 4.78 is 0. The highest BCUT2D eigenvalue weighted by molar-refractivity contribution is 5.92. The molecule has 0 spiro atoms. The Bertz CT molecular complexity index is 431. The van der Waals surface area contributed by atoms with Crippen molar-refractivity contribution in [2.75, 3.05) is 0 Å². The molecule has 1 amide bonds. The Kier molecular flexibility index (Phi) is 3.18. The molecule has 0 saturated heterocycles. The van der Waals surface area contributed by atoms with E-state index in [9.17, 15) is 4.79 Å². The van der Waals surface area contributed by atoms with Gasteiger partial charge >= 0.3 is 0 Å². The van der Waals surface area contributed by atoms with Crippen LogP contribution in [0.25, 0.3) is 6.08 Å². The Morgan fingerprint density at radius 1 is 1.11 bits per heavy atom. The number of hydrogen-bond acceptors (Lipinski definition) is 1. The zero-order chi connectivity index (χ0) is 12.4. The van der Waals surface area contributed by atoms with Crippen LogP contribution in [0.4, 0.5) is 0 Å². The van der Waals surface area contributed by atoms with Crippen molar-refractivity contribution in [2.45, 2.75) is 31.7 Å². The number of carbonyl (C=O) groups excluding carboxylic acids is 1. The normalized spacial score (nSPS) is 19.4. The molecular weight excluding hydrogens is 222 g/mol. The molecule has 2 nitrogen and oxygen atoms in total. The lowest BCUT2D eigenvalue weighted by molar-refractivity contribution is -0.117. The highest BCUT2D eigenvalue weighted by Gasteiger charge is 2.41. The molecule has 1 N–H and O–H groups in total. The Morgan fingerprint density at radius 2 is 1.72 bits per heavy atom. The van der Waals surface area contributed by atoms with Gasteiger partial charge in [0, 0.05) is 12.1 Å². The van der Waals surface area contributed by atoms with E-state index in [0.717, 1.165) is 17.4 Å². The second kappa shape index (κ2) is 4.97. The molecule has 0 unspecified atom stereocenters. The molecule has 18 heavy (non-hydrogen) atoms. The van der Waals surface area contributed by atoms with Gasteiger partial charge in [-0.05, 0) is 49.2 Å². The molecule has 1 aromatic carbocycles. The number of carbonyl (C=O) groups is 1. The van der Waals surface area contributed by atoms with E-state index in [1.54, 1.807) is 6.08 Å². The van der Waals surface area contributed by atoms with Crippen LogP contribution in [-0.4, -0.2) is 11.9 Å². The first-order valence-electron chi connectivity index (χ1n) is 6.86. The summed E-state index contributed by atoms with van der Waals surface area (Å²) in [5, 5.41) is 3.19. The summed E-state index contributed by atoms with van der Waals surface area (Å²) in [6.07, 6.45) is 8.72. The molecular formula is C16H19NO. The molecule has 2 heteroatoms. The number of rotatable bonds is 5. The van der Waals surface area contributed by atoms with E-state index in [1.165, 1.54) is 25.7 Å². The molecule has 0 aliphatic heterocycles. The van der Waals surface area contributed by atoms with Gasteiger partial charge in [0.2, 0.25) is 5.91 Å². The minimum Gasteiger partial charge on any atom is -0.349 e. The van der Waals surface area contributed by atoms with Crippen LogP contribution in [0.2, 0.25) is 0 Å². The Labute approximate surface area is 108 Å². The molecule has 2 saturated carbocycles. The quantitative estimate of drug-likeness (QED) is 0.789. The monoisotopic (exact) mass is 241 g/mol. The molecule has 1 aromatic rings. The highest BCUT2D eigenvalue weighted by atomic mass is 16.1. The minimum absolute atomic E-state index is 0.0580. The van der Waals surface area contributed by atoms with Crippen LogP contribution in [0.15, 0.2) is 36.4 Å². The predicted molar refractivity (Wildman–Crippen MR) is 72.9 cm³/mol. The summed E-state index contributed by atoms with van der Waals surface area (Å²) in [5.41, 5.74) is 1.07. The fourth-order valence-corrected chi connectivity index (χ4v) is 2.48. The van der Waals surface area contributed by atoms with Gasteiger partial charge in [0.25, 0.3) is 0 Å². The van der Waals surface area contributed by atoms with Gasteiger partial charge in [0.1, 0.15) is 0 Å². The van der Waals surface area contributed by atoms with Gasteiger partial charge in [-0.1, -0.05) is 30.3 Å². The van der Waals surface area contributed by atoms with Crippen LogP contribution in [-0.2, 0) is 4.79 Å². The maximum absolute atomic E-state index is 11.9. The lowest BCUT2D eigenvalue weighted by Gasteiger charge is -2.16. The first-order chi connectivity index (χ1) is 8.83. The van der Waals surface area contributed by atoms with Crippen molar-refractivity contribution in [3.63, 3.8) is 0 Å². The van der Waals surface area contributed by atoms with E-state index < -0.39 is 0 Å². The van der Waals surface area contributed by atoms with Gasteiger partial charge in [0.05, 0.1) is 0 Å². The van der Waals surface area contributed by atoms with Gasteiger partial charge in [0.15, 0.2) is 0 Å². The number of nitrogens with one attached hydrogen (secondary N) is 1. The van der Waals surface area contributed by atoms with Crippen LogP contribution >= 0.6 is 0 Å². The Morgan fingerprint density at radius 3 is 2.28 bits per heavy atom. The van der Waals surface area contributed by atoms with E-state index in [2.05, 4.69) is 5.32 Å². The fraction of sp³-hybridized carbons (Fsp3) is 0.438. The fourth-order valence-electron chi connectivity index (χ4n) is 2.48. The minimum atomic E-state index is 0.0580. The van der Waals surface area contributed by atoms with Crippen LogP contribution in [0.1, 0.15) is 31.2 Å². The standard InChI is InChI=1S/C16H19NO/c18-15(11-6-12-4-2-1-3-5-12)17-16(13-7-8-13)14-9-10-14/h1-6,11,13-14,16H,7-10H2,(H,17,18). The van der Waals surface area contributed by atoms with E-state index in [4.69, 9.17) is 0 Å². The largest absolute Gasteiger partial charge is 0.349 e. The third-order valence-electron chi connectivity index (χ3n) is 3.80. The van der Waals surface area contributed by atoms with E-state index in [0.29, 0.717) is 6.04 Å². The average molecular weight is 241 g/mol. The smallest absolute Gasteiger partial charge is 0.244 e. The molecule has 3 rings (SSSR count). The second-order valence-corrected chi connectivity index (χ2v) is 5.45. The van der Waals surface area contributed by atoms with Crippen molar-refractivity contribution >= 4 is 12.0 Å². The van der Waals surface area contributed by atoms with Crippen molar-refractivity contribution < 1.29 is 4.79 Å². The van der Waals surface area contributed by atoms with E-state index in [1.807, 2.05) is 36.4 Å².